The van der Waals surface area contributed by atoms with Crippen LogP contribution in [0.5, 0.6) is 0 Å². The van der Waals surface area contributed by atoms with Crippen LogP contribution in [0.25, 0.3) is 0 Å². The minimum Gasteiger partial charge on any atom is -0.457 e. The molecule has 1 fully saturated rings. The first-order valence-electron chi connectivity index (χ1n) is 4.72. The summed E-state index contributed by atoms with van der Waals surface area (Å²) in [7, 11) is 0. The van der Waals surface area contributed by atoms with Crippen LogP contribution in [0, 0.1) is 5.92 Å². The third-order valence-electron chi connectivity index (χ3n) is 3.01. The fraction of sp³-hybridized carbons (Fsp3) is 0.364. The third kappa shape index (κ3) is 1.07. The Morgan fingerprint density at radius 3 is 3.07 bits per heavy atom. The smallest absolute Gasteiger partial charge is 0.306 e. The van der Waals surface area contributed by atoms with E-state index in [-0.39, 0.29) is 12.1 Å². The van der Waals surface area contributed by atoms with Crippen LogP contribution >= 0.6 is 11.6 Å². The summed E-state index contributed by atoms with van der Waals surface area (Å²) in [4.78, 5) is 11.1. The van der Waals surface area contributed by atoms with Gasteiger partial charge < -0.3 is 4.74 Å². The lowest BCUT2D eigenvalue weighted by molar-refractivity contribution is -0.141. The lowest BCUT2D eigenvalue weighted by Gasteiger charge is -2.08. The summed E-state index contributed by atoms with van der Waals surface area (Å²) in [5.41, 5.74) is 2.38. The molecule has 3 rings (SSSR count). The van der Waals surface area contributed by atoms with Crippen molar-refractivity contribution in [3.8, 4) is 0 Å². The van der Waals surface area contributed by atoms with E-state index >= 15 is 0 Å². The molecule has 1 aromatic rings. The van der Waals surface area contributed by atoms with Gasteiger partial charge in [-0.25, -0.2) is 0 Å². The SMILES string of the molecule is O=C1C[C@@H]2Cc3ccc(Cl)cc3[C@@H]2O1. The van der Waals surface area contributed by atoms with Crippen molar-refractivity contribution in [1.82, 2.24) is 0 Å². The highest BCUT2D eigenvalue weighted by molar-refractivity contribution is 6.30. The Bertz CT molecular complexity index is 414. The van der Waals surface area contributed by atoms with Gasteiger partial charge in [-0.2, -0.15) is 0 Å². The van der Waals surface area contributed by atoms with E-state index in [1.807, 2.05) is 18.2 Å². The van der Waals surface area contributed by atoms with E-state index in [0.29, 0.717) is 17.4 Å². The van der Waals surface area contributed by atoms with Crippen LogP contribution in [-0.2, 0) is 16.0 Å². The summed E-state index contributed by atoms with van der Waals surface area (Å²) in [6.45, 7) is 0. The van der Waals surface area contributed by atoms with Crippen molar-refractivity contribution in [3.63, 3.8) is 0 Å². The molecular formula is C11H9ClO2. The highest BCUT2D eigenvalue weighted by atomic mass is 35.5. The summed E-state index contributed by atoms with van der Waals surface area (Å²) in [5.74, 6) is 0.265. The third-order valence-corrected chi connectivity index (χ3v) is 3.25. The predicted molar refractivity (Wildman–Crippen MR) is 52.1 cm³/mol. The summed E-state index contributed by atoms with van der Waals surface area (Å²) >= 11 is 5.91. The number of halogens is 1. The van der Waals surface area contributed by atoms with E-state index in [2.05, 4.69) is 0 Å². The Labute approximate surface area is 86.8 Å². The van der Waals surface area contributed by atoms with Crippen LogP contribution in [0.15, 0.2) is 18.2 Å². The summed E-state index contributed by atoms with van der Waals surface area (Å²) < 4.78 is 5.27. The predicted octanol–water partition coefficient (Wildman–Crippen LogP) is 2.50. The Kier molecular flexibility index (Phi) is 1.62. The molecule has 1 aromatic carbocycles. The first kappa shape index (κ1) is 8.30. The van der Waals surface area contributed by atoms with E-state index in [0.717, 1.165) is 12.0 Å². The molecule has 0 spiro atoms. The van der Waals surface area contributed by atoms with Crippen molar-refractivity contribution in [1.29, 1.82) is 0 Å². The van der Waals surface area contributed by atoms with Gasteiger partial charge in [-0.15, -0.1) is 0 Å². The van der Waals surface area contributed by atoms with E-state index in [9.17, 15) is 4.79 Å². The molecule has 0 bridgehead atoms. The van der Waals surface area contributed by atoms with Crippen molar-refractivity contribution in [2.45, 2.75) is 18.9 Å². The number of hydrogen-bond acceptors (Lipinski definition) is 2. The quantitative estimate of drug-likeness (QED) is 0.613. The fourth-order valence-electron chi connectivity index (χ4n) is 2.40. The van der Waals surface area contributed by atoms with Crippen molar-refractivity contribution < 1.29 is 9.53 Å². The van der Waals surface area contributed by atoms with Crippen molar-refractivity contribution >= 4 is 17.6 Å². The van der Waals surface area contributed by atoms with Crippen LogP contribution in [0.3, 0.4) is 0 Å². The maximum atomic E-state index is 11.1. The molecule has 3 heteroatoms. The van der Waals surface area contributed by atoms with Gasteiger partial charge in [0.25, 0.3) is 0 Å². The molecule has 2 nitrogen and oxygen atoms in total. The number of rotatable bonds is 0. The number of ether oxygens (including phenoxy) is 1. The van der Waals surface area contributed by atoms with E-state index in [1.54, 1.807) is 0 Å². The monoisotopic (exact) mass is 208 g/mol. The van der Waals surface area contributed by atoms with E-state index in [4.69, 9.17) is 16.3 Å². The highest BCUT2D eigenvalue weighted by Crippen LogP contribution is 2.45. The molecule has 1 aliphatic heterocycles. The van der Waals surface area contributed by atoms with Gasteiger partial charge in [-0.1, -0.05) is 17.7 Å². The van der Waals surface area contributed by atoms with Crippen molar-refractivity contribution in [3.05, 3.63) is 34.3 Å². The molecule has 72 valence electrons. The molecule has 0 amide bonds. The van der Waals surface area contributed by atoms with Gasteiger partial charge in [0, 0.05) is 10.9 Å². The van der Waals surface area contributed by atoms with Crippen LogP contribution in [0.2, 0.25) is 5.02 Å². The molecule has 0 N–H and O–H groups in total. The number of carbonyl (C=O) groups excluding carboxylic acids is 1. The second-order valence-electron chi connectivity index (χ2n) is 3.92. The summed E-state index contributed by atoms with van der Waals surface area (Å²) in [5, 5.41) is 0.715. The molecule has 1 aliphatic carbocycles. The molecular weight excluding hydrogens is 200 g/mol. The van der Waals surface area contributed by atoms with Crippen LogP contribution in [0.1, 0.15) is 23.7 Å². The zero-order valence-electron chi connectivity index (χ0n) is 7.50. The maximum absolute atomic E-state index is 11.1. The van der Waals surface area contributed by atoms with Gasteiger partial charge in [0.1, 0.15) is 6.10 Å². The normalized spacial score (nSPS) is 28.5. The topological polar surface area (TPSA) is 26.3 Å². The van der Waals surface area contributed by atoms with Gasteiger partial charge in [0.2, 0.25) is 0 Å². The minimum atomic E-state index is -0.0781. The lowest BCUT2D eigenvalue weighted by Crippen LogP contribution is -1.99. The van der Waals surface area contributed by atoms with Crippen LogP contribution < -0.4 is 0 Å². The van der Waals surface area contributed by atoms with Crippen molar-refractivity contribution in [2.24, 2.45) is 5.92 Å². The molecule has 0 radical (unpaired) electrons. The summed E-state index contributed by atoms with van der Waals surface area (Å²) in [6, 6.07) is 5.84. The second kappa shape index (κ2) is 2.74. The minimum absolute atomic E-state index is 0.0313. The average Bonchev–Trinajstić information content (AvgIpc) is 2.62. The molecule has 14 heavy (non-hydrogen) atoms. The summed E-state index contributed by atoms with van der Waals surface area (Å²) in [6.07, 6.45) is 1.47. The molecule has 1 heterocycles. The molecule has 2 atom stereocenters. The first-order valence-corrected chi connectivity index (χ1v) is 5.09. The first-order chi connectivity index (χ1) is 6.74. The van der Waals surface area contributed by atoms with Crippen molar-refractivity contribution in [2.75, 3.05) is 0 Å². The van der Waals surface area contributed by atoms with Crippen LogP contribution in [0.4, 0.5) is 0 Å². The molecule has 2 aliphatic rings. The van der Waals surface area contributed by atoms with Gasteiger partial charge >= 0.3 is 5.97 Å². The largest absolute Gasteiger partial charge is 0.457 e. The second-order valence-corrected chi connectivity index (χ2v) is 4.36. The standard InChI is InChI=1S/C11H9ClO2/c12-8-2-1-6-3-7-4-10(13)14-11(7)9(6)5-8/h1-2,5,7,11H,3-4H2/t7-,11+/m0/s1. The highest BCUT2D eigenvalue weighted by Gasteiger charge is 2.41. The van der Waals surface area contributed by atoms with Crippen LogP contribution in [-0.4, -0.2) is 5.97 Å². The van der Waals surface area contributed by atoms with E-state index < -0.39 is 0 Å². The molecule has 0 saturated carbocycles. The number of hydrogen-bond donors (Lipinski definition) is 0. The van der Waals surface area contributed by atoms with Gasteiger partial charge in [0.05, 0.1) is 6.42 Å². The number of carbonyl (C=O) groups is 1. The Morgan fingerprint density at radius 2 is 2.21 bits per heavy atom. The molecule has 0 aromatic heterocycles. The zero-order valence-corrected chi connectivity index (χ0v) is 8.25. The fourth-order valence-corrected chi connectivity index (χ4v) is 2.58. The van der Waals surface area contributed by atoms with Gasteiger partial charge in [-0.05, 0) is 29.7 Å². The Hall–Kier alpha value is -1.02. The maximum Gasteiger partial charge on any atom is 0.306 e. The number of benzene rings is 1. The lowest BCUT2D eigenvalue weighted by atomic mass is 10.0. The van der Waals surface area contributed by atoms with Gasteiger partial charge in [0.15, 0.2) is 0 Å². The Morgan fingerprint density at radius 1 is 1.36 bits per heavy atom. The molecule has 1 saturated heterocycles. The molecule has 0 unspecified atom stereocenters. The van der Waals surface area contributed by atoms with E-state index in [1.165, 1.54) is 5.56 Å². The Balaban J connectivity index is 2.07. The number of esters is 1. The number of fused-ring (bicyclic) bond motifs is 3. The zero-order chi connectivity index (χ0) is 9.71. The average molecular weight is 209 g/mol. The van der Waals surface area contributed by atoms with Gasteiger partial charge in [-0.3, -0.25) is 4.79 Å².